The molecule has 1 N–H and O–H groups in total. The second-order valence-electron chi connectivity index (χ2n) is 5.40. The zero-order valence-electron chi connectivity index (χ0n) is 14.7. The molecule has 10 heteroatoms. The van der Waals surface area contributed by atoms with E-state index in [9.17, 15) is 12.8 Å². The molecular formula is C18H16FN3O3S3. The number of thioether (sulfide) groups is 1. The number of halogens is 1. The summed E-state index contributed by atoms with van der Waals surface area (Å²) in [7, 11) is -2.66. The van der Waals surface area contributed by atoms with Crippen molar-refractivity contribution in [2.24, 2.45) is 0 Å². The number of anilines is 1. The van der Waals surface area contributed by atoms with Crippen LogP contribution in [-0.4, -0.2) is 31.5 Å². The van der Waals surface area contributed by atoms with Crippen molar-refractivity contribution in [2.45, 2.75) is 9.24 Å². The van der Waals surface area contributed by atoms with Crippen LogP contribution in [0.1, 0.15) is 5.56 Å². The Hall–Kier alpha value is -2.43. The van der Waals surface area contributed by atoms with Gasteiger partial charge in [0.15, 0.2) is 15.9 Å². The van der Waals surface area contributed by atoms with Gasteiger partial charge in [-0.3, -0.25) is 4.72 Å². The molecule has 0 spiro atoms. The van der Waals surface area contributed by atoms with E-state index in [1.807, 2.05) is 42.5 Å². The topological polar surface area (TPSA) is 81.2 Å². The molecule has 0 saturated carbocycles. The molecule has 0 atom stereocenters. The molecule has 1 heterocycles. The lowest BCUT2D eigenvalue weighted by Crippen LogP contribution is -2.13. The van der Waals surface area contributed by atoms with E-state index in [2.05, 4.69) is 14.9 Å². The van der Waals surface area contributed by atoms with E-state index >= 15 is 0 Å². The number of hydrogen-bond acceptors (Lipinski definition) is 7. The van der Waals surface area contributed by atoms with E-state index in [1.54, 1.807) is 0 Å². The maximum absolute atomic E-state index is 13.8. The fourth-order valence-corrected chi connectivity index (χ4v) is 4.99. The van der Waals surface area contributed by atoms with E-state index in [1.165, 1.54) is 31.0 Å². The van der Waals surface area contributed by atoms with Gasteiger partial charge < -0.3 is 4.74 Å². The summed E-state index contributed by atoms with van der Waals surface area (Å²) in [5.74, 6) is -0.124. The SMILES string of the molecule is COc1ccc(S(=O)(=O)Nc2nnc(SC/C=C/c3ccccc3)s2)cc1F. The number of hydrogen-bond donors (Lipinski definition) is 1. The monoisotopic (exact) mass is 437 g/mol. The Balaban J connectivity index is 1.60. The van der Waals surface area contributed by atoms with Gasteiger partial charge in [0, 0.05) is 5.75 Å². The molecule has 1 aromatic heterocycles. The van der Waals surface area contributed by atoms with Gasteiger partial charge in [-0.2, -0.15) is 0 Å². The average Bonchev–Trinajstić information content (AvgIpc) is 3.12. The largest absolute Gasteiger partial charge is 0.494 e. The molecule has 6 nitrogen and oxygen atoms in total. The second kappa shape index (κ2) is 9.18. The summed E-state index contributed by atoms with van der Waals surface area (Å²) in [5.41, 5.74) is 1.10. The van der Waals surface area contributed by atoms with E-state index in [-0.39, 0.29) is 15.8 Å². The molecular weight excluding hydrogens is 421 g/mol. The van der Waals surface area contributed by atoms with E-state index in [0.29, 0.717) is 10.1 Å². The Morgan fingerprint density at radius 2 is 2.00 bits per heavy atom. The minimum Gasteiger partial charge on any atom is -0.494 e. The molecule has 3 aromatic rings. The van der Waals surface area contributed by atoms with Crippen molar-refractivity contribution in [3.05, 3.63) is 66.0 Å². The Labute approximate surface area is 170 Å². The van der Waals surface area contributed by atoms with Crippen molar-refractivity contribution >= 4 is 44.3 Å². The minimum absolute atomic E-state index is 0.0305. The van der Waals surface area contributed by atoms with Gasteiger partial charge >= 0.3 is 0 Å². The first kappa shape index (κ1) is 20.3. The fourth-order valence-electron chi connectivity index (χ4n) is 2.17. The van der Waals surface area contributed by atoms with Gasteiger partial charge in [0.25, 0.3) is 10.0 Å². The first-order valence-electron chi connectivity index (χ1n) is 8.02. The minimum atomic E-state index is -3.97. The van der Waals surface area contributed by atoms with Crippen LogP contribution >= 0.6 is 23.1 Å². The lowest BCUT2D eigenvalue weighted by Gasteiger charge is -2.06. The van der Waals surface area contributed by atoms with Gasteiger partial charge in [-0.05, 0) is 23.8 Å². The molecule has 0 aliphatic carbocycles. The highest BCUT2D eigenvalue weighted by molar-refractivity contribution is 8.01. The zero-order chi connectivity index (χ0) is 20.0. The summed E-state index contributed by atoms with van der Waals surface area (Å²) in [6.45, 7) is 0. The first-order valence-corrected chi connectivity index (χ1v) is 11.3. The number of aromatic nitrogens is 2. The Morgan fingerprint density at radius 3 is 2.71 bits per heavy atom. The van der Waals surface area contributed by atoms with Gasteiger partial charge in [0.2, 0.25) is 5.13 Å². The smallest absolute Gasteiger partial charge is 0.263 e. The van der Waals surface area contributed by atoms with Crippen molar-refractivity contribution in [1.29, 1.82) is 0 Å². The average molecular weight is 438 g/mol. The van der Waals surface area contributed by atoms with E-state index in [4.69, 9.17) is 4.74 Å². The lowest BCUT2D eigenvalue weighted by molar-refractivity contribution is 0.385. The summed E-state index contributed by atoms with van der Waals surface area (Å²) in [4.78, 5) is -0.221. The third-order valence-corrected chi connectivity index (χ3v) is 6.87. The lowest BCUT2D eigenvalue weighted by atomic mass is 10.2. The van der Waals surface area contributed by atoms with Crippen LogP contribution in [0.5, 0.6) is 5.75 Å². The normalized spacial score (nSPS) is 11.6. The number of rotatable bonds is 8. The quantitative estimate of drug-likeness (QED) is 0.530. The number of nitrogens with one attached hydrogen (secondary N) is 1. The van der Waals surface area contributed by atoms with Crippen LogP contribution in [0, 0.1) is 5.82 Å². The van der Waals surface area contributed by atoms with Gasteiger partial charge in [0.1, 0.15) is 0 Å². The highest BCUT2D eigenvalue weighted by Crippen LogP contribution is 2.28. The molecule has 146 valence electrons. The Morgan fingerprint density at radius 1 is 1.21 bits per heavy atom. The first-order chi connectivity index (χ1) is 13.5. The van der Waals surface area contributed by atoms with E-state index in [0.717, 1.165) is 23.0 Å². The molecule has 0 amide bonds. The van der Waals surface area contributed by atoms with Crippen molar-refractivity contribution in [2.75, 3.05) is 17.6 Å². The summed E-state index contributed by atoms with van der Waals surface area (Å²) < 4.78 is 46.3. The number of ether oxygens (including phenoxy) is 1. The third kappa shape index (κ3) is 5.31. The number of sulfonamides is 1. The Kier molecular flexibility index (Phi) is 6.65. The standard InChI is InChI=1S/C18H16FN3O3S3/c1-25-16-10-9-14(12-15(16)19)28(23,24)22-17-20-21-18(27-17)26-11-5-8-13-6-3-2-4-7-13/h2-10,12H,11H2,1H3,(H,20,22)/b8-5+. The van der Waals surface area contributed by atoms with Crippen molar-refractivity contribution in [3.63, 3.8) is 0 Å². The summed E-state index contributed by atoms with van der Waals surface area (Å²) in [5, 5.41) is 7.91. The van der Waals surface area contributed by atoms with Crippen LogP contribution in [0.2, 0.25) is 0 Å². The van der Waals surface area contributed by atoms with Gasteiger partial charge in [0.05, 0.1) is 12.0 Å². The Bertz CT molecular complexity index is 1070. The zero-order valence-corrected chi connectivity index (χ0v) is 17.2. The predicted molar refractivity (Wildman–Crippen MR) is 110 cm³/mol. The van der Waals surface area contributed by atoms with Crippen LogP contribution in [0.25, 0.3) is 6.08 Å². The highest BCUT2D eigenvalue weighted by atomic mass is 32.2. The second-order valence-corrected chi connectivity index (χ2v) is 9.33. The molecule has 0 radical (unpaired) electrons. The summed E-state index contributed by atoms with van der Waals surface area (Å²) in [6, 6.07) is 13.3. The van der Waals surface area contributed by atoms with Crippen molar-refractivity contribution < 1.29 is 17.5 Å². The predicted octanol–water partition coefficient (Wildman–Crippen LogP) is 4.29. The van der Waals surface area contributed by atoms with Crippen LogP contribution < -0.4 is 9.46 Å². The fraction of sp³-hybridized carbons (Fsp3) is 0.111. The van der Waals surface area contributed by atoms with Gasteiger partial charge in [-0.25, -0.2) is 12.8 Å². The van der Waals surface area contributed by atoms with Crippen molar-refractivity contribution in [1.82, 2.24) is 10.2 Å². The van der Waals surface area contributed by atoms with Gasteiger partial charge in [-0.15, -0.1) is 10.2 Å². The molecule has 0 saturated heterocycles. The third-order valence-electron chi connectivity index (χ3n) is 3.47. The van der Waals surface area contributed by atoms with Crippen LogP contribution in [0.4, 0.5) is 9.52 Å². The molecule has 0 aliphatic heterocycles. The van der Waals surface area contributed by atoms with E-state index < -0.39 is 15.8 Å². The van der Waals surface area contributed by atoms with Crippen LogP contribution in [0.3, 0.4) is 0 Å². The molecule has 0 fully saturated rings. The maximum atomic E-state index is 13.8. The molecule has 3 rings (SSSR count). The molecule has 0 unspecified atom stereocenters. The summed E-state index contributed by atoms with van der Waals surface area (Å²) in [6.07, 6.45) is 3.99. The highest BCUT2D eigenvalue weighted by Gasteiger charge is 2.19. The molecule has 0 bridgehead atoms. The molecule has 28 heavy (non-hydrogen) atoms. The van der Waals surface area contributed by atoms with Crippen molar-refractivity contribution in [3.8, 4) is 5.75 Å². The summed E-state index contributed by atoms with van der Waals surface area (Å²) >= 11 is 2.55. The number of benzene rings is 2. The molecule has 0 aliphatic rings. The maximum Gasteiger partial charge on any atom is 0.263 e. The van der Waals surface area contributed by atoms with Crippen LogP contribution in [0.15, 0.2) is 63.8 Å². The molecule has 2 aromatic carbocycles. The van der Waals surface area contributed by atoms with Gasteiger partial charge in [-0.1, -0.05) is 65.6 Å². The van der Waals surface area contributed by atoms with Crippen LogP contribution in [-0.2, 0) is 10.0 Å². The number of methoxy groups -OCH3 is 1. The number of nitrogens with zero attached hydrogens (tertiary/aromatic N) is 2.